The van der Waals surface area contributed by atoms with Crippen molar-refractivity contribution in [1.82, 2.24) is 5.32 Å². The van der Waals surface area contributed by atoms with Gasteiger partial charge in [0.2, 0.25) is 5.91 Å². The highest BCUT2D eigenvalue weighted by atomic mass is 32.2. The zero-order chi connectivity index (χ0) is 14.5. The standard InChI is InChI=1S/C16H18N2O2S/c19-16(17-11-13-5-3-9-20-13)12-18-8-4-10-21-15-7-2-1-6-14(15)18/h1-3,5-7,9H,4,8,10-12H2,(H,17,19). The molecule has 0 saturated heterocycles. The SMILES string of the molecule is O=C(CN1CCCSc2ccccc21)NCc1ccco1. The summed E-state index contributed by atoms with van der Waals surface area (Å²) in [5.74, 6) is 1.89. The highest BCUT2D eigenvalue weighted by Gasteiger charge is 2.17. The van der Waals surface area contributed by atoms with Gasteiger partial charge in [-0.3, -0.25) is 4.79 Å². The molecule has 1 aliphatic rings. The summed E-state index contributed by atoms with van der Waals surface area (Å²) in [4.78, 5) is 15.5. The number of fused-ring (bicyclic) bond motifs is 1. The van der Waals surface area contributed by atoms with Crippen LogP contribution in [0.5, 0.6) is 0 Å². The summed E-state index contributed by atoms with van der Waals surface area (Å²) < 4.78 is 5.22. The van der Waals surface area contributed by atoms with Gasteiger partial charge in [-0.05, 0) is 36.4 Å². The normalized spacial score (nSPS) is 14.4. The fourth-order valence-electron chi connectivity index (χ4n) is 2.39. The molecule has 2 heterocycles. The molecule has 0 unspecified atom stereocenters. The third-order valence-electron chi connectivity index (χ3n) is 3.41. The molecule has 2 aromatic rings. The number of anilines is 1. The van der Waals surface area contributed by atoms with Crippen molar-refractivity contribution in [3.8, 4) is 0 Å². The molecule has 0 atom stereocenters. The Balaban J connectivity index is 1.62. The molecule has 110 valence electrons. The molecule has 4 nitrogen and oxygen atoms in total. The smallest absolute Gasteiger partial charge is 0.239 e. The van der Waals surface area contributed by atoms with Crippen molar-refractivity contribution < 1.29 is 9.21 Å². The predicted molar refractivity (Wildman–Crippen MR) is 84.6 cm³/mol. The quantitative estimate of drug-likeness (QED) is 0.943. The van der Waals surface area contributed by atoms with Gasteiger partial charge >= 0.3 is 0 Å². The highest BCUT2D eigenvalue weighted by molar-refractivity contribution is 7.99. The van der Waals surface area contributed by atoms with Crippen LogP contribution in [0.25, 0.3) is 0 Å². The largest absolute Gasteiger partial charge is 0.467 e. The predicted octanol–water partition coefficient (Wildman–Crippen LogP) is 2.90. The van der Waals surface area contributed by atoms with Crippen LogP contribution < -0.4 is 10.2 Å². The van der Waals surface area contributed by atoms with Gasteiger partial charge in [0.25, 0.3) is 0 Å². The van der Waals surface area contributed by atoms with Crippen LogP contribution in [0.4, 0.5) is 5.69 Å². The van der Waals surface area contributed by atoms with Crippen LogP contribution in [0.3, 0.4) is 0 Å². The number of carbonyl (C=O) groups excluding carboxylic acids is 1. The van der Waals surface area contributed by atoms with E-state index < -0.39 is 0 Å². The molecule has 0 saturated carbocycles. The van der Waals surface area contributed by atoms with E-state index in [1.807, 2.05) is 36.0 Å². The van der Waals surface area contributed by atoms with Crippen molar-refractivity contribution in [2.75, 3.05) is 23.7 Å². The first-order valence-corrected chi connectivity index (χ1v) is 8.07. The molecular formula is C16H18N2O2S. The maximum atomic E-state index is 12.1. The number of hydrogen-bond acceptors (Lipinski definition) is 4. The summed E-state index contributed by atoms with van der Waals surface area (Å²) in [6, 6.07) is 12.0. The zero-order valence-electron chi connectivity index (χ0n) is 11.7. The molecule has 1 amide bonds. The van der Waals surface area contributed by atoms with E-state index in [2.05, 4.69) is 22.3 Å². The molecule has 0 radical (unpaired) electrons. The molecular weight excluding hydrogens is 284 g/mol. The average molecular weight is 302 g/mol. The van der Waals surface area contributed by atoms with Crippen molar-refractivity contribution >= 4 is 23.4 Å². The van der Waals surface area contributed by atoms with Crippen LogP contribution in [0.1, 0.15) is 12.2 Å². The summed E-state index contributed by atoms with van der Waals surface area (Å²) in [5, 5.41) is 2.90. The Hall–Kier alpha value is -1.88. The van der Waals surface area contributed by atoms with Crippen molar-refractivity contribution in [3.63, 3.8) is 0 Å². The Morgan fingerprint density at radius 1 is 1.29 bits per heavy atom. The first kappa shape index (κ1) is 14.1. The van der Waals surface area contributed by atoms with E-state index in [-0.39, 0.29) is 5.91 Å². The minimum absolute atomic E-state index is 0.0214. The first-order chi connectivity index (χ1) is 10.3. The Labute approximate surface area is 128 Å². The number of para-hydroxylation sites is 1. The minimum atomic E-state index is 0.0214. The van der Waals surface area contributed by atoms with Crippen LogP contribution in [0.2, 0.25) is 0 Å². The number of hydrogen-bond donors (Lipinski definition) is 1. The van der Waals surface area contributed by atoms with Crippen LogP contribution in [-0.4, -0.2) is 24.7 Å². The lowest BCUT2D eigenvalue weighted by Gasteiger charge is -2.23. The number of furan rings is 1. The molecule has 1 N–H and O–H groups in total. The van der Waals surface area contributed by atoms with Crippen molar-refractivity contribution in [2.45, 2.75) is 17.9 Å². The van der Waals surface area contributed by atoms with Gasteiger partial charge in [-0.1, -0.05) is 12.1 Å². The average Bonchev–Trinajstić information content (AvgIpc) is 2.94. The van der Waals surface area contributed by atoms with Gasteiger partial charge in [0, 0.05) is 11.4 Å². The lowest BCUT2D eigenvalue weighted by Crippen LogP contribution is -2.37. The fourth-order valence-corrected chi connectivity index (χ4v) is 3.40. The van der Waals surface area contributed by atoms with Crippen molar-refractivity contribution in [3.05, 3.63) is 48.4 Å². The van der Waals surface area contributed by atoms with Crippen molar-refractivity contribution in [1.29, 1.82) is 0 Å². The second-order valence-electron chi connectivity index (χ2n) is 4.95. The first-order valence-electron chi connectivity index (χ1n) is 7.09. The molecule has 5 heteroatoms. The van der Waals surface area contributed by atoms with E-state index in [0.717, 1.165) is 30.2 Å². The Morgan fingerprint density at radius 2 is 2.19 bits per heavy atom. The number of benzene rings is 1. The molecule has 0 aliphatic carbocycles. The molecule has 3 rings (SSSR count). The molecule has 0 fully saturated rings. The summed E-state index contributed by atoms with van der Waals surface area (Å²) >= 11 is 1.86. The van der Waals surface area contributed by atoms with E-state index in [1.165, 1.54) is 4.90 Å². The fraction of sp³-hybridized carbons (Fsp3) is 0.312. The second kappa shape index (κ2) is 6.72. The summed E-state index contributed by atoms with van der Waals surface area (Å²) in [6.45, 7) is 1.74. The van der Waals surface area contributed by atoms with Crippen LogP contribution in [-0.2, 0) is 11.3 Å². The monoisotopic (exact) mass is 302 g/mol. The number of thioether (sulfide) groups is 1. The van der Waals surface area contributed by atoms with E-state index in [1.54, 1.807) is 6.26 Å². The van der Waals surface area contributed by atoms with Gasteiger partial charge in [-0.25, -0.2) is 0 Å². The van der Waals surface area contributed by atoms with E-state index in [0.29, 0.717) is 13.1 Å². The molecule has 0 bridgehead atoms. The van der Waals surface area contributed by atoms with Gasteiger partial charge in [-0.15, -0.1) is 11.8 Å². The number of nitrogens with one attached hydrogen (secondary N) is 1. The third kappa shape index (κ3) is 3.61. The van der Waals surface area contributed by atoms with Gasteiger partial charge in [0.05, 0.1) is 25.0 Å². The maximum absolute atomic E-state index is 12.1. The van der Waals surface area contributed by atoms with Crippen LogP contribution >= 0.6 is 11.8 Å². The van der Waals surface area contributed by atoms with Crippen LogP contribution in [0, 0.1) is 0 Å². The van der Waals surface area contributed by atoms with Gasteiger partial charge in [0.1, 0.15) is 5.76 Å². The Bertz CT molecular complexity index is 598. The van der Waals surface area contributed by atoms with E-state index >= 15 is 0 Å². The molecule has 1 aliphatic heterocycles. The highest BCUT2D eigenvalue weighted by Crippen LogP contribution is 2.33. The van der Waals surface area contributed by atoms with Crippen LogP contribution in [0.15, 0.2) is 52.0 Å². The summed E-state index contributed by atoms with van der Waals surface area (Å²) in [5.41, 5.74) is 1.16. The third-order valence-corrected chi connectivity index (χ3v) is 4.56. The molecule has 1 aromatic carbocycles. The topological polar surface area (TPSA) is 45.5 Å². The summed E-state index contributed by atoms with van der Waals surface area (Å²) in [7, 11) is 0. The van der Waals surface area contributed by atoms with E-state index in [9.17, 15) is 4.79 Å². The van der Waals surface area contributed by atoms with E-state index in [4.69, 9.17) is 4.42 Å². The Kier molecular flexibility index (Phi) is 4.50. The molecule has 21 heavy (non-hydrogen) atoms. The maximum Gasteiger partial charge on any atom is 0.239 e. The molecule has 1 aromatic heterocycles. The molecule has 0 spiro atoms. The second-order valence-corrected chi connectivity index (χ2v) is 6.08. The lowest BCUT2D eigenvalue weighted by atomic mass is 10.2. The van der Waals surface area contributed by atoms with Gasteiger partial charge in [0.15, 0.2) is 0 Å². The van der Waals surface area contributed by atoms with Crippen molar-refractivity contribution in [2.24, 2.45) is 0 Å². The summed E-state index contributed by atoms with van der Waals surface area (Å²) in [6.07, 6.45) is 2.70. The number of rotatable bonds is 4. The minimum Gasteiger partial charge on any atom is -0.467 e. The Morgan fingerprint density at radius 3 is 3.05 bits per heavy atom. The number of amides is 1. The number of carbonyl (C=O) groups is 1. The number of nitrogens with zero attached hydrogens (tertiary/aromatic N) is 1. The van der Waals surface area contributed by atoms with Gasteiger partial charge in [-0.2, -0.15) is 0 Å². The lowest BCUT2D eigenvalue weighted by molar-refractivity contribution is -0.120. The zero-order valence-corrected chi connectivity index (χ0v) is 12.6. The van der Waals surface area contributed by atoms with Gasteiger partial charge < -0.3 is 14.6 Å².